The van der Waals surface area contributed by atoms with Crippen molar-refractivity contribution >= 4 is 34.6 Å². The minimum Gasteiger partial charge on any atom is -0.381 e. The van der Waals surface area contributed by atoms with E-state index in [2.05, 4.69) is 71.1 Å². The molecule has 7 nitrogen and oxygen atoms in total. The van der Waals surface area contributed by atoms with E-state index >= 15 is 0 Å². The van der Waals surface area contributed by atoms with E-state index in [0.29, 0.717) is 12.5 Å². The predicted octanol–water partition coefficient (Wildman–Crippen LogP) is 7.42. The highest BCUT2D eigenvalue weighted by molar-refractivity contribution is 6.14. The number of nitrogens with one attached hydrogen (secondary N) is 2. The monoisotopic (exact) mass is 562 g/mol. The van der Waals surface area contributed by atoms with Crippen molar-refractivity contribution in [3.05, 3.63) is 89.0 Å². The number of rotatable bonds is 8. The number of urea groups is 1. The molecule has 0 aromatic heterocycles. The standard InChI is InChI=1S/C35H42N6O/c1-24(2)41-35(42)40(30-16-14-26(15-17-30)21-33-36-18-19-37-33)32-20-25(3)28(23-38-29-12-8-5-9-13-29)22-31(32)34(39-41)27-10-6-4-7-11-27/h5,8-9,12-17,20,22,24,27,38H,4,6-7,10-11,18-19,21,23H2,1-3H3,(H,36,37). The lowest BCUT2D eigenvalue weighted by atomic mass is 9.82. The van der Waals surface area contributed by atoms with Crippen LogP contribution in [0.15, 0.2) is 76.8 Å². The van der Waals surface area contributed by atoms with Crippen LogP contribution in [0, 0.1) is 12.8 Å². The fourth-order valence-corrected chi connectivity index (χ4v) is 6.27. The molecule has 2 amide bonds. The van der Waals surface area contributed by atoms with Gasteiger partial charge < -0.3 is 10.6 Å². The van der Waals surface area contributed by atoms with Gasteiger partial charge in [0.05, 0.1) is 29.7 Å². The number of fused-ring (bicyclic) bond motifs is 1. The molecular formula is C35H42N6O. The number of nitrogens with zero attached hydrogens (tertiary/aromatic N) is 4. The van der Waals surface area contributed by atoms with Gasteiger partial charge in [0.25, 0.3) is 0 Å². The Kier molecular flexibility index (Phi) is 8.27. The number of hydrazone groups is 1. The van der Waals surface area contributed by atoms with Crippen molar-refractivity contribution in [1.82, 2.24) is 10.3 Å². The Morgan fingerprint density at radius 2 is 1.76 bits per heavy atom. The van der Waals surface area contributed by atoms with Crippen molar-refractivity contribution in [1.29, 1.82) is 0 Å². The number of amidine groups is 1. The second-order valence-corrected chi connectivity index (χ2v) is 12.0. The van der Waals surface area contributed by atoms with Gasteiger partial charge in [0, 0.05) is 36.7 Å². The third-order valence-corrected chi connectivity index (χ3v) is 8.62. The maximum atomic E-state index is 14.4. The first-order chi connectivity index (χ1) is 20.5. The minimum atomic E-state index is -0.110. The van der Waals surface area contributed by atoms with E-state index in [1.54, 1.807) is 5.01 Å². The molecule has 3 aromatic rings. The van der Waals surface area contributed by atoms with Crippen LogP contribution >= 0.6 is 0 Å². The average molecular weight is 563 g/mol. The van der Waals surface area contributed by atoms with Gasteiger partial charge in [0.1, 0.15) is 5.84 Å². The van der Waals surface area contributed by atoms with Crippen LogP contribution in [0.3, 0.4) is 0 Å². The molecule has 0 radical (unpaired) electrons. The highest BCUT2D eigenvalue weighted by Crippen LogP contribution is 2.39. The fourth-order valence-electron chi connectivity index (χ4n) is 6.27. The Balaban J connectivity index is 1.43. The molecule has 0 bridgehead atoms. The molecule has 218 valence electrons. The van der Waals surface area contributed by atoms with E-state index in [0.717, 1.165) is 72.1 Å². The molecule has 1 fully saturated rings. The zero-order chi connectivity index (χ0) is 29.1. The number of hydrogen-bond donors (Lipinski definition) is 2. The lowest BCUT2D eigenvalue weighted by Gasteiger charge is -2.29. The van der Waals surface area contributed by atoms with Gasteiger partial charge in [-0.15, -0.1) is 0 Å². The first-order valence-corrected chi connectivity index (χ1v) is 15.5. The Hall–Kier alpha value is -4.13. The van der Waals surface area contributed by atoms with Crippen molar-refractivity contribution in [2.24, 2.45) is 16.0 Å². The Morgan fingerprint density at radius 3 is 2.45 bits per heavy atom. The predicted molar refractivity (Wildman–Crippen MR) is 173 cm³/mol. The molecule has 7 heteroatoms. The molecule has 1 saturated carbocycles. The summed E-state index contributed by atoms with van der Waals surface area (Å²) < 4.78 is 0. The molecular weight excluding hydrogens is 520 g/mol. The average Bonchev–Trinajstić information content (AvgIpc) is 3.48. The fraction of sp³-hybridized carbons (Fsp3) is 0.400. The molecule has 2 N–H and O–H groups in total. The van der Waals surface area contributed by atoms with Gasteiger partial charge in [-0.3, -0.25) is 9.89 Å². The van der Waals surface area contributed by atoms with Crippen LogP contribution < -0.4 is 15.5 Å². The zero-order valence-corrected chi connectivity index (χ0v) is 25.1. The van der Waals surface area contributed by atoms with Gasteiger partial charge in [-0.05, 0) is 86.7 Å². The van der Waals surface area contributed by atoms with Crippen LogP contribution in [0.4, 0.5) is 21.9 Å². The van der Waals surface area contributed by atoms with Crippen molar-refractivity contribution in [2.45, 2.75) is 71.9 Å². The van der Waals surface area contributed by atoms with Crippen molar-refractivity contribution in [3.8, 4) is 0 Å². The number of amides is 2. The Morgan fingerprint density at radius 1 is 1.00 bits per heavy atom. The summed E-state index contributed by atoms with van der Waals surface area (Å²) in [6, 6.07) is 23.0. The molecule has 2 heterocycles. The van der Waals surface area contributed by atoms with Crippen LogP contribution in [-0.4, -0.2) is 41.7 Å². The zero-order valence-electron chi connectivity index (χ0n) is 25.1. The second kappa shape index (κ2) is 12.4. The van der Waals surface area contributed by atoms with E-state index in [1.165, 1.54) is 30.4 Å². The van der Waals surface area contributed by atoms with Gasteiger partial charge in [0.2, 0.25) is 0 Å². The summed E-state index contributed by atoms with van der Waals surface area (Å²) in [4.78, 5) is 20.8. The van der Waals surface area contributed by atoms with Gasteiger partial charge in [-0.25, -0.2) is 9.80 Å². The van der Waals surface area contributed by atoms with Crippen LogP contribution in [-0.2, 0) is 13.0 Å². The van der Waals surface area contributed by atoms with E-state index in [9.17, 15) is 4.79 Å². The SMILES string of the molecule is Cc1cc2c(cc1CNc1ccccc1)C(C1CCCCC1)=NN(C(C)C)C(=O)N2c1ccc(CC2=NCCN2)cc1. The Bertz CT molecular complexity index is 1470. The maximum absolute atomic E-state index is 14.4. The normalized spacial score (nSPS) is 17.5. The van der Waals surface area contributed by atoms with Crippen LogP contribution in [0.25, 0.3) is 0 Å². The topological polar surface area (TPSA) is 72.3 Å². The van der Waals surface area contributed by atoms with Gasteiger partial charge in [-0.1, -0.05) is 49.6 Å². The minimum absolute atomic E-state index is 0.0704. The molecule has 42 heavy (non-hydrogen) atoms. The van der Waals surface area contributed by atoms with Crippen molar-refractivity contribution in [2.75, 3.05) is 23.3 Å². The number of para-hydroxylation sites is 1. The summed E-state index contributed by atoms with van der Waals surface area (Å²) in [6.07, 6.45) is 6.66. The van der Waals surface area contributed by atoms with E-state index < -0.39 is 0 Å². The van der Waals surface area contributed by atoms with Crippen LogP contribution in [0.1, 0.15) is 68.2 Å². The van der Waals surface area contributed by atoms with Gasteiger partial charge in [-0.2, -0.15) is 5.10 Å². The van der Waals surface area contributed by atoms with Crippen LogP contribution in [0.5, 0.6) is 0 Å². The number of aryl methyl sites for hydroxylation is 1. The summed E-state index contributed by atoms with van der Waals surface area (Å²) in [7, 11) is 0. The van der Waals surface area contributed by atoms with Crippen molar-refractivity contribution in [3.63, 3.8) is 0 Å². The molecule has 3 aromatic carbocycles. The third-order valence-electron chi connectivity index (χ3n) is 8.62. The summed E-state index contributed by atoms with van der Waals surface area (Å²) in [5.74, 6) is 1.37. The first kappa shape index (κ1) is 28.0. The second-order valence-electron chi connectivity index (χ2n) is 12.0. The third kappa shape index (κ3) is 5.91. The Labute approximate surface area is 249 Å². The molecule has 2 aliphatic heterocycles. The molecule has 0 spiro atoms. The smallest absolute Gasteiger partial charge is 0.349 e. The first-order valence-electron chi connectivity index (χ1n) is 15.5. The summed E-state index contributed by atoms with van der Waals surface area (Å²) >= 11 is 0. The molecule has 0 atom stereocenters. The number of anilines is 3. The lowest BCUT2D eigenvalue weighted by Crippen LogP contribution is -2.41. The van der Waals surface area contributed by atoms with Gasteiger partial charge >= 0.3 is 6.03 Å². The highest BCUT2D eigenvalue weighted by Gasteiger charge is 2.35. The lowest BCUT2D eigenvalue weighted by molar-refractivity contribution is 0.195. The number of benzene rings is 3. The number of aliphatic imine (C=N–C) groups is 1. The van der Waals surface area contributed by atoms with E-state index in [4.69, 9.17) is 5.10 Å². The van der Waals surface area contributed by atoms with Crippen LogP contribution in [0.2, 0.25) is 0 Å². The summed E-state index contributed by atoms with van der Waals surface area (Å²) in [5.41, 5.74) is 8.53. The van der Waals surface area contributed by atoms with E-state index in [1.807, 2.05) is 36.9 Å². The summed E-state index contributed by atoms with van der Waals surface area (Å²) in [6.45, 7) is 8.69. The largest absolute Gasteiger partial charge is 0.381 e. The number of hydrogen-bond acceptors (Lipinski definition) is 5. The summed E-state index contributed by atoms with van der Waals surface area (Å²) in [5, 5.41) is 13.8. The number of carbonyl (C=O) groups excluding carboxylic acids is 1. The molecule has 1 aliphatic carbocycles. The highest BCUT2D eigenvalue weighted by atomic mass is 16.2. The molecule has 3 aliphatic rings. The molecule has 0 unspecified atom stereocenters. The molecule has 0 saturated heterocycles. The maximum Gasteiger partial charge on any atom is 0.349 e. The quantitative estimate of drug-likeness (QED) is 0.300. The molecule has 6 rings (SSSR count). The van der Waals surface area contributed by atoms with E-state index in [-0.39, 0.29) is 12.1 Å². The number of carbonyl (C=O) groups is 1. The van der Waals surface area contributed by atoms with Gasteiger partial charge in [0.15, 0.2) is 0 Å². The van der Waals surface area contributed by atoms with Crippen molar-refractivity contribution < 1.29 is 4.79 Å².